The Labute approximate surface area is 155 Å². The van der Waals surface area contributed by atoms with Crippen LogP contribution in [0.4, 0.5) is 5.69 Å². The van der Waals surface area contributed by atoms with Crippen molar-refractivity contribution in [3.05, 3.63) is 76.9 Å². The molecule has 0 radical (unpaired) electrons. The van der Waals surface area contributed by atoms with Gasteiger partial charge in [0.15, 0.2) is 0 Å². The average molecular weight is 347 g/mol. The number of allylic oxidation sites excluding steroid dienone is 1. The molecule has 0 spiro atoms. The summed E-state index contributed by atoms with van der Waals surface area (Å²) in [6.45, 7) is 6.17. The van der Waals surface area contributed by atoms with Crippen molar-refractivity contribution in [2.45, 2.75) is 51.2 Å². The third-order valence-electron chi connectivity index (χ3n) is 6.34. The fourth-order valence-electron chi connectivity index (χ4n) is 4.82. The quantitative estimate of drug-likeness (QED) is 0.815. The second-order valence-corrected chi connectivity index (χ2v) is 7.73. The van der Waals surface area contributed by atoms with Crippen molar-refractivity contribution in [1.82, 2.24) is 0 Å². The topological polar surface area (TPSA) is 40.5 Å². The molecule has 0 saturated heterocycles. The molecule has 1 aliphatic heterocycles. The Kier molecular flexibility index (Phi) is 4.00. The van der Waals surface area contributed by atoms with E-state index in [0.29, 0.717) is 5.56 Å². The summed E-state index contributed by atoms with van der Waals surface area (Å²) in [6, 6.07) is 17.5. The van der Waals surface area contributed by atoms with E-state index in [1.807, 2.05) is 60.4 Å². The number of aliphatic hydroxyl groups excluding tert-OH is 1. The van der Waals surface area contributed by atoms with Gasteiger partial charge in [-0.1, -0.05) is 47.5 Å². The van der Waals surface area contributed by atoms with Crippen LogP contribution in [-0.4, -0.2) is 23.2 Å². The highest BCUT2D eigenvalue weighted by Gasteiger charge is 2.56. The molecule has 2 aliphatic rings. The summed E-state index contributed by atoms with van der Waals surface area (Å²) in [5, 5.41) is 10.9. The van der Waals surface area contributed by atoms with Gasteiger partial charge < -0.3 is 10.0 Å². The van der Waals surface area contributed by atoms with Crippen LogP contribution in [-0.2, 0) is 5.41 Å². The van der Waals surface area contributed by atoms with E-state index in [1.165, 1.54) is 11.1 Å². The maximum absolute atomic E-state index is 13.4. The number of carbonyl (C=O) groups excluding carboxylic acids is 1. The third-order valence-corrected chi connectivity index (χ3v) is 6.34. The summed E-state index contributed by atoms with van der Waals surface area (Å²) < 4.78 is 0. The fraction of sp³-hybridized carbons (Fsp3) is 0.348. The Morgan fingerprint density at radius 1 is 1.08 bits per heavy atom. The lowest BCUT2D eigenvalue weighted by atomic mass is 9.63. The van der Waals surface area contributed by atoms with E-state index in [1.54, 1.807) is 0 Å². The van der Waals surface area contributed by atoms with E-state index >= 15 is 0 Å². The lowest BCUT2D eigenvalue weighted by molar-refractivity contribution is 0.0729. The summed E-state index contributed by atoms with van der Waals surface area (Å²) in [5.74, 6) is 0.0120. The minimum absolute atomic E-state index is 0.0120. The van der Waals surface area contributed by atoms with E-state index in [2.05, 4.69) is 19.9 Å². The van der Waals surface area contributed by atoms with Gasteiger partial charge in [0.05, 0.1) is 12.1 Å². The zero-order valence-electron chi connectivity index (χ0n) is 15.6. The number of hydrogen-bond acceptors (Lipinski definition) is 2. The SMILES string of the molecule is CC1=C(C)C[C@]2(C(C)O)c3ccccc3N(C(=O)c3ccccc3)[C@@H]2C1. The number of para-hydroxylation sites is 1. The van der Waals surface area contributed by atoms with Crippen LogP contribution in [0.15, 0.2) is 65.7 Å². The lowest BCUT2D eigenvalue weighted by Crippen LogP contribution is -2.54. The van der Waals surface area contributed by atoms with E-state index in [9.17, 15) is 9.90 Å². The van der Waals surface area contributed by atoms with Crippen LogP contribution in [0, 0.1) is 0 Å². The molecular weight excluding hydrogens is 322 g/mol. The average Bonchev–Trinajstić information content (AvgIpc) is 2.93. The Balaban J connectivity index is 1.92. The minimum Gasteiger partial charge on any atom is -0.392 e. The second kappa shape index (κ2) is 6.10. The number of hydrogen-bond donors (Lipinski definition) is 1. The highest BCUT2D eigenvalue weighted by atomic mass is 16.3. The number of benzene rings is 2. The first-order chi connectivity index (χ1) is 12.5. The molecule has 0 fully saturated rings. The monoisotopic (exact) mass is 347 g/mol. The third kappa shape index (κ3) is 2.27. The molecular formula is C23H25NO2. The standard InChI is InChI=1S/C23H25NO2/c1-15-13-21-23(17(3)25,14-16(15)2)19-11-7-8-12-20(19)24(21)22(26)18-9-5-4-6-10-18/h4-12,17,21,25H,13-14H2,1-3H3/t17?,21-,23+/m1/s1. The Hall–Kier alpha value is -2.39. The second-order valence-electron chi connectivity index (χ2n) is 7.73. The highest BCUT2D eigenvalue weighted by molar-refractivity contribution is 6.08. The van der Waals surface area contributed by atoms with Crippen molar-refractivity contribution in [2.75, 3.05) is 4.90 Å². The van der Waals surface area contributed by atoms with Crippen molar-refractivity contribution >= 4 is 11.6 Å². The maximum atomic E-state index is 13.4. The molecule has 1 N–H and O–H groups in total. The maximum Gasteiger partial charge on any atom is 0.258 e. The molecule has 4 rings (SSSR count). The van der Waals surface area contributed by atoms with Gasteiger partial charge >= 0.3 is 0 Å². The molecule has 0 saturated carbocycles. The minimum atomic E-state index is -0.537. The molecule has 3 heteroatoms. The Bertz CT molecular complexity index is 884. The van der Waals surface area contributed by atoms with Gasteiger partial charge in [0.1, 0.15) is 0 Å². The number of nitrogens with zero attached hydrogens (tertiary/aromatic N) is 1. The van der Waals surface area contributed by atoms with Crippen molar-refractivity contribution in [1.29, 1.82) is 0 Å². The number of carbonyl (C=O) groups is 1. The highest BCUT2D eigenvalue weighted by Crippen LogP contribution is 2.55. The van der Waals surface area contributed by atoms with E-state index in [-0.39, 0.29) is 11.9 Å². The largest absolute Gasteiger partial charge is 0.392 e. The first-order valence-electron chi connectivity index (χ1n) is 9.28. The van der Waals surface area contributed by atoms with Gasteiger partial charge in [-0.3, -0.25) is 4.79 Å². The number of fused-ring (bicyclic) bond motifs is 3. The number of rotatable bonds is 2. The molecule has 3 atom stereocenters. The number of aliphatic hydroxyl groups is 1. The van der Waals surface area contributed by atoms with Crippen molar-refractivity contribution < 1.29 is 9.90 Å². The molecule has 2 aromatic carbocycles. The summed E-state index contributed by atoms with van der Waals surface area (Å²) in [4.78, 5) is 15.4. The van der Waals surface area contributed by atoms with E-state index < -0.39 is 11.5 Å². The van der Waals surface area contributed by atoms with Crippen LogP contribution in [0.2, 0.25) is 0 Å². The summed E-state index contributed by atoms with van der Waals surface area (Å²) >= 11 is 0. The lowest BCUT2D eigenvalue weighted by Gasteiger charge is -2.45. The molecule has 26 heavy (non-hydrogen) atoms. The van der Waals surface area contributed by atoms with Gasteiger partial charge in [-0.15, -0.1) is 0 Å². The van der Waals surface area contributed by atoms with Crippen LogP contribution in [0.3, 0.4) is 0 Å². The van der Waals surface area contributed by atoms with Gasteiger partial charge in [0.2, 0.25) is 0 Å². The van der Waals surface area contributed by atoms with Crippen molar-refractivity contribution in [3.8, 4) is 0 Å². The normalized spacial score (nSPS) is 25.7. The molecule has 0 bridgehead atoms. The number of amides is 1. The van der Waals surface area contributed by atoms with Gasteiger partial charge in [0, 0.05) is 16.7 Å². The summed E-state index contributed by atoms with van der Waals surface area (Å²) in [6.07, 6.45) is 1.05. The van der Waals surface area contributed by atoms with Gasteiger partial charge in [-0.2, -0.15) is 0 Å². The van der Waals surface area contributed by atoms with Crippen LogP contribution in [0.25, 0.3) is 0 Å². The molecule has 3 nitrogen and oxygen atoms in total. The van der Waals surface area contributed by atoms with Gasteiger partial charge in [-0.05, 0) is 57.4 Å². The zero-order chi connectivity index (χ0) is 18.5. The van der Waals surface area contributed by atoms with Crippen LogP contribution < -0.4 is 4.90 Å². The Morgan fingerprint density at radius 3 is 2.42 bits per heavy atom. The number of anilines is 1. The first kappa shape index (κ1) is 17.0. The molecule has 1 aliphatic carbocycles. The first-order valence-corrected chi connectivity index (χ1v) is 9.28. The molecule has 134 valence electrons. The molecule has 0 aromatic heterocycles. The smallest absolute Gasteiger partial charge is 0.258 e. The Morgan fingerprint density at radius 2 is 1.73 bits per heavy atom. The molecule has 1 heterocycles. The van der Waals surface area contributed by atoms with Gasteiger partial charge in [-0.25, -0.2) is 0 Å². The van der Waals surface area contributed by atoms with Crippen LogP contribution in [0.5, 0.6) is 0 Å². The zero-order valence-corrected chi connectivity index (χ0v) is 15.6. The van der Waals surface area contributed by atoms with Gasteiger partial charge in [0.25, 0.3) is 5.91 Å². The van der Waals surface area contributed by atoms with E-state index in [4.69, 9.17) is 0 Å². The predicted octanol–water partition coefficient (Wildman–Crippen LogP) is 4.46. The van der Waals surface area contributed by atoms with Crippen molar-refractivity contribution in [3.63, 3.8) is 0 Å². The molecule has 1 amide bonds. The molecule has 2 aromatic rings. The van der Waals surface area contributed by atoms with Crippen LogP contribution >= 0.6 is 0 Å². The van der Waals surface area contributed by atoms with Crippen molar-refractivity contribution in [2.24, 2.45) is 0 Å². The summed E-state index contributed by atoms with van der Waals surface area (Å²) in [5.41, 5.74) is 4.93. The fourth-order valence-corrected chi connectivity index (χ4v) is 4.82. The predicted molar refractivity (Wildman–Crippen MR) is 104 cm³/mol. The molecule has 1 unspecified atom stereocenters. The van der Waals surface area contributed by atoms with Crippen LogP contribution in [0.1, 0.15) is 49.5 Å². The van der Waals surface area contributed by atoms with E-state index in [0.717, 1.165) is 24.1 Å². The summed E-state index contributed by atoms with van der Waals surface area (Å²) in [7, 11) is 0.